The molecule has 1 N–H and O–H groups in total. The molecule has 1 aliphatic rings. The molecule has 1 atom stereocenters. The molecule has 1 unspecified atom stereocenters. The van der Waals surface area contributed by atoms with E-state index in [2.05, 4.69) is 9.71 Å². The number of sulfonamides is 1. The molecule has 0 bridgehead atoms. The minimum absolute atomic E-state index is 0.0383. The van der Waals surface area contributed by atoms with Crippen LogP contribution in [0.4, 0.5) is 22.7 Å². The van der Waals surface area contributed by atoms with E-state index < -0.39 is 33.7 Å². The molecule has 0 saturated heterocycles. The summed E-state index contributed by atoms with van der Waals surface area (Å²) in [5.74, 6) is -0.0697. The van der Waals surface area contributed by atoms with Gasteiger partial charge in [0.1, 0.15) is 23.4 Å². The molecule has 0 fully saturated rings. The SMILES string of the molecule is O=S(=O)(Nc1nccs1)c1ccc2c(c1)OCCC2Oc1ccc(C(F)(F)F)cc1-c1ccc(F)cc1. The number of hydrogen-bond donors (Lipinski definition) is 1. The van der Waals surface area contributed by atoms with Crippen LogP contribution in [0.25, 0.3) is 11.1 Å². The van der Waals surface area contributed by atoms with Crippen LogP contribution in [0.2, 0.25) is 0 Å². The third-order valence-electron chi connectivity index (χ3n) is 5.67. The van der Waals surface area contributed by atoms with Crippen LogP contribution in [0.15, 0.2) is 77.1 Å². The van der Waals surface area contributed by atoms with Crippen LogP contribution in [0, 0.1) is 5.82 Å². The Morgan fingerprint density at radius 2 is 1.84 bits per heavy atom. The van der Waals surface area contributed by atoms with E-state index >= 15 is 0 Å². The van der Waals surface area contributed by atoms with E-state index in [-0.39, 0.29) is 33.7 Å². The first kappa shape index (κ1) is 25.0. The lowest BCUT2D eigenvalue weighted by Gasteiger charge is -2.28. The Morgan fingerprint density at radius 3 is 2.54 bits per heavy atom. The zero-order chi connectivity index (χ0) is 26.2. The van der Waals surface area contributed by atoms with Crippen LogP contribution in [0.1, 0.15) is 23.7 Å². The molecule has 6 nitrogen and oxygen atoms in total. The summed E-state index contributed by atoms with van der Waals surface area (Å²) in [6, 6.07) is 12.5. The van der Waals surface area contributed by atoms with E-state index in [1.54, 1.807) is 11.4 Å². The molecule has 1 aromatic heterocycles. The topological polar surface area (TPSA) is 77.5 Å². The Morgan fingerprint density at radius 1 is 1.05 bits per heavy atom. The maximum absolute atomic E-state index is 13.5. The fraction of sp³-hybridized carbons (Fsp3) is 0.160. The first-order chi connectivity index (χ1) is 17.6. The summed E-state index contributed by atoms with van der Waals surface area (Å²) in [5.41, 5.74) is 0.178. The van der Waals surface area contributed by atoms with Gasteiger partial charge < -0.3 is 9.47 Å². The smallest absolute Gasteiger partial charge is 0.416 e. The quantitative estimate of drug-likeness (QED) is 0.271. The lowest BCUT2D eigenvalue weighted by atomic mass is 10.00. The largest absolute Gasteiger partial charge is 0.493 e. The molecular weight excluding hydrogens is 532 g/mol. The van der Waals surface area contributed by atoms with Crippen LogP contribution >= 0.6 is 11.3 Å². The Balaban J connectivity index is 1.47. The highest BCUT2D eigenvalue weighted by molar-refractivity contribution is 7.93. The summed E-state index contributed by atoms with van der Waals surface area (Å²) in [4.78, 5) is 3.88. The zero-order valence-electron chi connectivity index (χ0n) is 18.8. The van der Waals surface area contributed by atoms with Crippen LogP contribution in [0.5, 0.6) is 11.5 Å². The Hall–Kier alpha value is -3.64. The van der Waals surface area contributed by atoms with Gasteiger partial charge in [-0.25, -0.2) is 17.8 Å². The summed E-state index contributed by atoms with van der Waals surface area (Å²) in [5, 5.41) is 1.85. The highest BCUT2D eigenvalue weighted by atomic mass is 32.2. The Bertz CT molecular complexity index is 1520. The average Bonchev–Trinajstić information content (AvgIpc) is 3.36. The number of nitrogens with one attached hydrogen (secondary N) is 1. The van der Waals surface area contributed by atoms with Crippen LogP contribution in [-0.2, 0) is 16.2 Å². The third-order valence-corrected chi connectivity index (χ3v) is 7.82. The molecular formula is C25H18F4N2O4S2. The van der Waals surface area contributed by atoms with Gasteiger partial charge in [-0.05, 0) is 42.0 Å². The van der Waals surface area contributed by atoms with E-state index in [9.17, 15) is 26.0 Å². The zero-order valence-corrected chi connectivity index (χ0v) is 20.5. The van der Waals surface area contributed by atoms with Crippen molar-refractivity contribution >= 4 is 26.5 Å². The molecule has 192 valence electrons. The first-order valence-electron chi connectivity index (χ1n) is 10.9. The summed E-state index contributed by atoms with van der Waals surface area (Å²) < 4.78 is 93.4. The second-order valence-electron chi connectivity index (χ2n) is 8.10. The molecule has 1 aliphatic heterocycles. The van der Waals surface area contributed by atoms with Gasteiger partial charge in [-0.15, -0.1) is 11.3 Å². The van der Waals surface area contributed by atoms with Gasteiger partial charge in [0.2, 0.25) is 0 Å². The van der Waals surface area contributed by atoms with Crippen molar-refractivity contribution < 1.29 is 35.5 Å². The highest BCUT2D eigenvalue weighted by Crippen LogP contribution is 2.42. The molecule has 0 aliphatic carbocycles. The monoisotopic (exact) mass is 550 g/mol. The molecule has 3 aromatic carbocycles. The number of rotatable bonds is 6. The fourth-order valence-corrected chi connectivity index (χ4v) is 5.70. The van der Waals surface area contributed by atoms with E-state index in [1.165, 1.54) is 36.5 Å². The standard InChI is InChI=1S/C25H18F4N2O4S2/c26-17-4-1-15(2-5-17)20-13-16(25(27,28)29)3-8-21(20)35-22-9-11-34-23-14-18(6-7-19(22)23)37(32,33)31-24-30-10-12-36-24/h1-8,10,12-14,22H,9,11H2,(H,30,31). The summed E-state index contributed by atoms with van der Waals surface area (Å²) in [6.45, 7) is 0.202. The molecule has 0 radical (unpaired) electrons. The van der Waals surface area contributed by atoms with E-state index in [1.807, 2.05) is 0 Å². The van der Waals surface area contributed by atoms with Gasteiger partial charge in [0.05, 0.1) is 17.1 Å². The predicted octanol–water partition coefficient (Wildman–Crippen LogP) is 6.67. The van der Waals surface area contributed by atoms with Crippen LogP contribution < -0.4 is 14.2 Å². The van der Waals surface area contributed by atoms with Gasteiger partial charge in [-0.1, -0.05) is 18.2 Å². The third kappa shape index (κ3) is 5.39. The van der Waals surface area contributed by atoms with E-state index in [0.717, 1.165) is 35.6 Å². The van der Waals surface area contributed by atoms with Crippen molar-refractivity contribution in [3.05, 3.63) is 89.2 Å². The van der Waals surface area contributed by atoms with Crippen molar-refractivity contribution in [2.75, 3.05) is 11.3 Å². The summed E-state index contributed by atoms with van der Waals surface area (Å²) in [6.07, 6.45) is -3.35. The number of aromatic nitrogens is 1. The molecule has 12 heteroatoms. The number of alkyl halides is 3. The highest BCUT2D eigenvalue weighted by Gasteiger charge is 2.32. The van der Waals surface area contributed by atoms with Gasteiger partial charge in [0.25, 0.3) is 10.0 Å². The van der Waals surface area contributed by atoms with Gasteiger partial charge in [0.15, 0.2) is 5.13 Å². The maximum Gasteiger partial charge on any atom is 0.416 e. The fourth-order valence-electron chi connectivity index (χ4n) is 3.89. The van der Waals surface area contributed by atoms with Crippen molar-refractivity contribution in [3.8, 4) is 22.6 Å². The molecule has 0 amide bonds. The van der Waals surface area contributed by atoms with Crippen molar-refractivity contribution in [1.82, 2.24) is 4.98 Å². The molecule has 5 rings (SSSR count). The summed E-state index contributed by atoms with van der Waals surface area (Å²) >= 11 is 1.13. The summed E-state index contributed by atoms with van der Waals surface area (Å²) in [7, 11) is -3.92. The van der Waals surface area contributed by atoms with Gasteiger partial charge >= 0.3 is 6.18 Å². The Kier molecular flexibility index (Phi) is 6.54. The second kappa shape index (κ2) is 9.67. The minimum Gasteiger partial charge on any atom is -0.493 e. The lowest BCUT2D eigenvalue weighted by molar-refractivity contribution is -0.137. The number of benzene rings is 3. The van der Waals surface area contributed by atoms with E-state index in [4.69, 9.17) is 9.47 Å². The molecule has 0 saturated carbocycles. The normalized spacial score (nSPS) is 15.5. The van der Waals surface area contributed by atoms with Crippen molar-refractivity contribution in [2.24, 2.45) is 0 Å². The van der Waals surface area contributed by atoms with Crippen LogP contribution in [0.3, 0.4) is 0 Å². The van der Waals surface area contributed by atoms with Gasteiger partial charge in [-0.3, -0.25) is 4.72 Å². The number of fused-ring (bicyclic) bond motifs is 1. The predicted molar refractivity (Wildman–Crippen MR) is 130 cm³/mol. The maximum atomic E-state index is 13.5. The molecule has 2 heterocycles. The van der Waals surface area contributed by atoms with E-state index in [0.29, 0.717) is 17.5 Å². The number of hydrogen-bond acceptors (Lipinski definition) is 6. The van der Waals surface area contributed by atoms with Crippen molar-refractivity contribution in [1.29, 1.82) is 0 Å². The average molecular weight is 551 g/mol. The number of anilines is 1. The Labute approximate surface area is 213 Å². The van der Waals surface area contributed by atoms with Gasteiger partial charge in [-0.2, -0.15) is 13.2 Å². The first-order valence-corrected chi connectivity index (χ1v) is 13.3. The number of nitrogens with zero attached hydrogens (tertiary/aromatic N) is 1. The lowest BCUT2D eigenvalue weighted by Crippen LogP contribution is -2.20. The van der Waals surface area contributed by atoms with Gasteiger partial charge in [0, 0.05) is 35.2 Å². The van der Waals surface area contributed by atoms with Crippen LogP contribution in [-0.4, -0.2) is 20.0 Å². The number of halogens is 4. The molecule has 4 aromatic rings. The molecule has 0 spiro atoms. The molecule has 37 heavy (non-hydrogen) atoms. The van der Waals surface area contributed by atoms with Crippen molar-refractivity contribution in [2.45, 2.75) is 23.6 Å². The number of ether oxygens (including phenoxy) is 2. The minimum atomic E-state index is -4.58. The van der Waals surface area contributed by atoms with Crippen molar-refractivity contribution in [3.63, 3.8) is 0 Å². The number of thiazole rings is 1. The second-order valence-corrected chi connectivity index (χ2v) is 10.7.